The van der Waals surface area contributed by atoms with Crippen LogP contribution in [0.3, 0.4) is 0 Å². The van der Waals surface area contributed by atoms with Gasteiger partial charge in [0.05, 0.1) is 17.9 Å². The summed E-state index contributed by atoms with van der Waals surface area (Å²) in [5.41, 5.74) is 3.82. The number of hydrogen-bond acceptors (Lipinski definition) is 5. The highest BCUT2D eigenvalue weighted by atomic mass is 32.2. The lowest BCUT2D eigenvalue weighted by molar-refractivity contribution is 0.0150. The normalized spacial score (nSPS) is 23.0. The lowest BCUT2D eigenvalue weighted by Gasteiger charge is -2.39. The predicted octanol–water partition coefficient (Wildman–Crippen LogP) is 3.65. The minimum absolute atomic E-state index is 0.209. The summed E-state index contributed by atoms with van der Waals surface area (Å²) in [5, 5.41) is 4.87. The number of carbonyl (C=O) groups excluding carboxylic acids is 1. The molecular formula is C22H34N4O3S. The number of rotatable bonds is 1. The largest absolute Gasteiger partial charge is 0.591 e. The Morgan fingerprint density at radius 3 is 2.43 bits per heavy atom. The van der Waals surface area contributed by atoms with Crippen molar-refractivity contribution in [3.8, 4) is 0 Å². The van der Waals surface area contributed by atoms with Crippen molar-refractivity contribution in [3.05, 3.63) is 17.0 Å². The van der Waals surface area contributed by atoms with Gasteiger partial charge in [-0.3, -0.25) is 4.68 Å². The maximum Gasteiger partial charge on any atom is 0.410 e. The molecule has 1 spiro atoms. The number of fused-ring (bicyclic) bond motifs is 3. The van der Waals surface area contributed by atoms with Crippen LogP contribution in [-0.4, -0.2) is 54.5 Å². The van der Waals surface area contributed by atoms with Crippen LogP contribution in [0.4, 0.5) is 4.79 Å². The van der Waals surface area contributed by atoms with E-state index in [0.717, 1.165) is 50.1 Å². The maximum absolute atomic E-state index is 13.0. The van der Waals surface area contributed by atoms with E-state index in [1.54, 1.807) is 4.90 Å². The Balaban J connectivity index is 1.62. The van der Waals surface area contributed by atoms with Gasteiger partial charge >= 0.3 is 6.09 Å². The summed E-state index contributed by atoms with van der Waals surface area (Å²) in [4.78, 5) is 14.3. The number of nitrogens with zero attached hydrogens (tertiary/aromatic N) is 4. The Morgan fingerprint density at radius 2 is 1.83 bits per heavy atom. The molecule has 1 fully saturated rings. The fourth-order valence-corrected chi connectivity index (χ4v) is 5.36. The van der Waals surface area contributed by atoms with Gasteiger partial charge in [-0.2, -0.15) is 5.10 Å². The second kappa shape index (κ2) is 7.26. The van der Waals surface area contributed by atoms with Crippen LogP contribution in [0.5, 0.6) is 0 Å². The van der Waals surface area contributed by atoms with Gasteiger partial charge in [0.1, 0.15) is 27.4 Å². The lowest BCUT2D eigenvalue weighted by Crippen LogP contribution is -2.48. The minimum atomic E-state index is -1.33. The smallest absolute Gasteiger partial charge is 0.410 e. The highest BCUT2D eigenvalue weighted by Gasteiger charge is 2.51. The molecule has 0 bridgehead atoms. The van der Waals surface area contributed by atoms with Crippen LogP contribution < -0.4 is 0 Å². The standard InChI is InChI=1S/C22H34N4O3S/c1-20(2,3)29-19(27)25-12-10-22(11-13-25)14-26-17(15-8-7-9-16(15)23-26)18(22)24-30(28)21(4,5)6/h7-14H2,1-6H3. The third-order valence-electron chi connectivity index (χ3n) is 6.22. The summed E-state index contributed by atoms with van der Waals surface area (Å²) in [6.07, 6.45) is 4.47. The molecule has 0 aromatic carbocycles. The third kappa shape index (κ3) is 3.88. The first kappa shape index (κ1) is 21.7. The molecule has 1 saturated heterocycles. The lowest BCUT2D eigenvalue weighted by atomic mass is 9.75. The average molecular weight is 435 g/mol. The number of ether oxygens (including phenoxy) is 1. The number of aryl methyl sites for hydroxylation is 1. The summed E-state index contributed by atoms with van der Waals surface area (Å²) in [5.74, 6) is 0. The Labute approximate surface area is 182 Å². The van der Waals surface area contributed by atoms with Crippen molar-refractivity contribution >= 4 is 23.2 Å². The summed E-state index contributed by atoms with van der Waals surface area (Å²) in [6.45, 7) is 13.5. The van der Waals surface area contributed by atoms with Crippen LogP contribution in [0.2, 0.25) is 0 Å². The first-order valence-corrected chi connectivity index (χ1v) is 12.1. The summed E-state index contributed by atoms with van der Waals surface area (Å²) in [7, 11) is 0. The van der Waals surface area contributed by atoms with Gasteiger partial charge in [-0.15, -0.1) is 0 Å². The van der Waals surface area contributed by atoms with Crippen molar-refractivity contribution in [2.24, 2.45) is 9.81 Å². The van der Waals surface area contributed by atoms with Crippen LogP contribution >= 0.6 is 0 Å². The quantitative estimate of drug-likeness (QED) is 0.632. The van der Waals surface area contributed by atoms with Gasteiger partial charge in [-0.1, -0.05) is 4.40 Å². The predicted molar refractivity (Wildman–Crippen MR) is 118 cm³/mol. The van der Waals surface area contributed by atoms with Gasteiger partial charge in [0.2, 0.25) is 0 Å². The molecule has 8 heteroatoms. The number of likely N-dealkylation sites (tertiary alicyclic amines) is 1. The van der Waals surface area contributed by atoms with E-state index in [4.69, 9.17) is 14.2 Å². The van der Waals surface area contributed by atoms with E-state index in [-0.39, 0.29) is 11.5 Å². The van der Waals surface area contributed by atoms with E-state index in [2.05, 4.69) is 4.68 Å². The number of piperidine rings is 1. The van der Waals surface area contributed by atoms with Crippen LogP contribution in [0.15, 0.2) is 4.40 Å². The molecule has 0 N–H and O–H groups in total. The molecule has 0 saturated carbocycles. The van der Waals surface area contributed by atoms with E-state index in [1.165, 1.54) is 11.3 Å². The van der Waals surface area contributed by atoms with Crippen molar-refractivity contribution in [1.82, 2.24) is 14.7 Å². The molecule has 166 valence electrons. The molecule has 2 aliphatic heterocycles. The maximum atomic E-state index is 13.0. The van der Waals surface area contributed by atoms with Gasteiger partial charge in [-0.25, -0.2) is 4.79 Å². The molecular weight excluding hydrogens is 400 g/mol. The molecule has 1 aromatic heterocycles. The van der Waals surface area contributed by atoms with Crippen molar-refractivity contribution < 1.29 is 14.1 Å². The minimum Gasteiger partial charge on any atom is -0.591 e. The average Bonchev–Trinajstić information content (AvgIpc) is 3.25. The van der Waals surface area contributed by atoms with E-state index < -0.39 is 21.7 Å². The summed E-state index contributed by atoms with van der Waals surface area (Å²) < 4.78 is 25.1. The van der Waals surface area contributed by atoms with Gasteiger partial charge in [0, 0.05) is 24.1 Å². The molecule has 0 radical (unpaired) electrons. The zero-order valence-electron chi connectivity index (χ0n) is 19.1. The number of hydrogen-bond donors (Lipinski definition) is 0. The SMILES string of the molecule is CC(C)(C)OC(=O)N1CCC2(CC1)Cn1nc3c(c1C2=N[S+]([O-])C(C)(C)C)CCC3. The van der Waals surface area contributed by atoms with Crippen molar-refractivity contribution in [1.29, 1.82) is 0 Å². The zero-order chi connectivity index (χ0) is 21.9. The highest BCUT2D eigenvalue weighted by molar-refractivity contribution is 7.91. The molecule has 1 amide bonds. The van der Waals surface area contributed by atoms with Crippen molar-refractivity contribution in [2.75, 3.05) is 13.1 Å². The Bertz CT molecular complexity index is 870. The van der Waals surface area contributed by atoms with Crippen LogP contribution in [0.25, 0.3) is 0 Å². The van der Waals surface area contributed by atoms with E-state index in [1.807, 2.05) is 41.5 Å². The van der Waals surface area contributed by atoms with E-state index in [0.29, 0.717) is 13.1 Å². The Morgan fingerprint density at radius 1 is 1.17 bits per heavy atom. The molecule has 3 heterocycles. The zero-order valence-corrected chi connectivity index (χ0v) is 19.9. The van der Waals surface area contributed by atoms with Gasteiger partial charge in [0.25, 0.3) is 0 Å². The highest BCUT2D eigenvalue weighted by Crippen LogP contribution is 2.45. The molecule has 4 rings (SSSR count). The van der Waals surface area contributed by atoms with Gasteiger partial charge in [-0.05, 0) is 73.6 Å². The van der Waals surface area contributed by atoms with Crippen molar-refractivity contribution in [2.45, 2.75) is 90.5 Å². The van der Waals surface area contributed by atoms with E-state index in [9.17, 15) is 9.35 Å². The molecule has 1 unspecified atom stereocenters. The van der Waals surface area contributed by atoms with Gasteiger partial charge < -0.3 is 14.2 Å². The fourth-order valence-electron chi connectivity index (χ4n) is 4.64. The fraction of sp³-hybridized carbons (Fsp3) is 0.773. The topological polar surface area (TPSA) is 82.8 Å². The Hall–Kier alpha value is -1.54. The number of carbonyl (C=O) groups is 1. The Kier molecular flexibility index (Phi) is 5.25. The van der Waals surface area contributed by atoms with Crippen molar-refractivity contribution in [3.63, 3.8) is 0 Å². The first-order chi connectivity index (χ1) is 13.9. The summed E-state index contributed by atoms with van der Waals surface area (Å²) in [6, 6.07) is 0. The molecule has 30 heavy (non-hydrogen) atoms. The number of aromatic nitrogens is 2. The molecule has 1 aromatic rings. The monoisotopic (exact) mass is 434 g/mol. The van der Waals surface area contributed by atoms with Crippen LogP contribution in [0.1, 0.15) is 77.8 Å². The van der Waals surface area contributed by atoms with Gasteiger partial charge in [0.15, 0.2) is 0 Å². The first-order valence-electron chi connectivity index (χ1n) is 11.0. The van der Waals surface area contributed by atoms with Crippen LogP contribution in [-0.2, 0) is 35.5 Å². The molecule has 3 aliphatic rings. The second-order valence-corrected chi connectivity index (χ2v) is 12.7. The molecule has 7 nitrogen and oxygen atoms in total. The molecule has 1 aliphatic carbocycles. The summed E-state index contributed by atoms with van der Waals surface area (Å²) >= 11 is -1.33. The van der Waals surface area contributed by atoms with E-state index >= 15 is 0 Å². The third-order valence-corrected chi connectivity index (χ3v) is 7.62. The number of amides is 1. The van der Waals surface area contributed by atoms with Crippen LogP contribution in [0, 0.1) is 5.41 Å². The molecule has 1 atom stereocenters. The second-order valence-electron chi connectivity index (χ2n) is 10.8.